The molecule has 5 heterocycles. The van der Waals surface area contributed by atoms with Gasteiger partial charge < -0.3 is 20.2 Å². The molecule has 2 aliphatic heterocycles. The Bertz CT molecular complexity index is 3630. The van der Waals surface area contributed by atoms with Crippen molar-refractivity contribution in [1.29, 1.82) is 0 Å². The minimum absolute atomic E-state index is 0.203. The zero-order valence-corrected chi connectivity index (χ0v) is 38.5. The highest BCUT2D eigenvalue weighted by Crippen LogP contribution is 2.44. The second kappa shape index (κ2) is 16.1. The molecule has 0 atom stereocenters. The van der Waals surface area contributed by atoms with E-state index in [1.54, 1.807) is 24.3 Å². The Balaban J connectivity index is 1.38. The fraction of sp³-hybridized carbons (Fsp3) is 0.100. The molecule has 330 valence electrons. The summed E-state index contributed by atoms with van der Waals surface area (Å²) in [6.07, 6.45) is 8.15. The van der Waals surface area contributed by atoms with Crippen LogP contribution in [-0.4, -0.2) is 42.1 Å². The molecule has 0 spiro atoms. The van der Waals surface area contributed by atoms with E-state index in [2.05, 4.69) is 100 Å². The lowest BCUT2D eigenvalue weighted by atomic mass is 9.92. The maximum Gasteiger partial charge on any atom is 0.336 e. The molecule has 9 aromatic rings. The van der Waals surface area contributed by atoms with Crippen LogP contribution in [0.5, 0.6) is 0 Å². The Kier molecular flexibility index (Phi) is 9.93. The van der Waals surface area contributed by atoms with Crippen LogP contribution in [0.3, 0.4) is 0 Å². The third kappa shape index (κ3) is 6.83. The minimum Gasteiger partial charge on any atom is -0.478 e. The predicted octanol–water partition coefficient (Wildman–Crippen LogP) is 14.9. The highest BCUT2D eigenvalue weighted by atomic mass is 16.4. The second-order valence-electron chi connectivity index (χ2n) is 18.1. The number of carboxylic acid groups (broad SMARTS) is 2. The van der Waals surface area contributed by atoms with Crippen molar-refractivity contribution >= 4 is 79.9 Å². The van der Waals surface area contributed by atoms with E-state index in [1.807, 2.05) is 72.8 Å². The quantitative estimate of drug-likeness (QED) is 0.131. The molecule has 6 aromatic carbocycles. The van der Waals surface area contributed by atoms with E-state index in [-0.39, 0.29) is 11.1 Å². The van der Waals surface area contributed by atoms with Crippen molar-refractivity contribution in [1.82, 2.24) is 19.9 Å². The van der Waals surface area contributed by atoms with Gasteiger partial charge in [0.15, 0.2) is 0 Å². The molecule has 3 aromatic heterocycles. The molecule has 4 N–H and O–H groups in total. The first-order valence-corrected chi connectivity index (χ1v) is 22.7. The number of nitrogens with zero attached hydrogens (tertiary/aromatic N) is 2. The van der Waals surface area contributed by atoms with Crippen LogP contribution in [0, 0.1) is 41.5 Å². The van der Waals surface area contributed by atoms with Crippen molar-refractivity contribution in [2.24, 2.45) is 0 Å². The number of aromatic amines is 2. The van der Waals surface area contributed by atoms with Crippen molar-refractivity contribution in [2.45, 2.75) is 41.5 Å². The number of aromatic nitrogens is 4. The van der Waals surface area contributed by atoms with Crippen LogP contribution in [-0.2, 0) is 0 Å². The number of benzene rings is 6. The summed E-state index contributed by atoms with van der Waals surface area (Å²) in [6, 6.07) is 39.6. The molecule has 0 aliphatic carbocycles. The first-order valence-electron chi connectivity index (χ1n) is 22.7. The third-order valence-electron chi connectivity index (χ3n) is 13.4. The van der Waals surface area contributed by atoms with Crippen molar-refractivity contribution in [2.75, 3.05) is 0 Å². The molecule has 68 heavy (non-hydrogen) atoms. The number of hydrogen-bond donors (Lipinski definition) is 4. The summed E-state index contributed by atoms with van der Waals surface area (Å²) in [7, 11) is 0. The molecule has 0 fully saturated rings. The number of nitrogens with one attached hydrogen (secondary N) is 2. The zero-order valence-electron chi connectivity index (χ0n) is 38.5. The van der Waals surface area contributed by atoms with Crippen molar-refractivity contribution in [3.63, 3.8) is 0 Å². The van der Waals surface area contributed by atoms with Crippen LogP contribution in [0.4, 0.5) is 0 Å². The van der Waals surface area contributed by atoms with Crippen LogP contribution in [0.2, 0.25) is 0 Å². The maximum absolute atomic E-state index is 13.0. The van der Waals surface area contributed by atoms with Crippen LogP contribution in [0.15, 0.2) is 121 Å². The predicted molar refractivity (Wildman–Crippen MR) is 278 cm³/mol. The number of carbonyl (C=O) groups is 2. The average Bonchev–Trinajstić information content (AvgIpc) is 4.16. The summed E-state index contributed by atoms with van der Waals surface area (Å²) in [5.41, 5.74) is 19.8. The number of rotatable bonds is 6. The number of carboxylic acids is 2. The lowest BCUT2D eigenvalue weighted by Crippen LogP contribution is -1.99. The molecule has 0 saturated carbocycles. The lowest BCUT2D eigenvalue weighted by Gasteiger charge is -2.14. The van der Waals surface area contributed by atoms with E-state index in [0.717, 1.165) is 122 Å². The summed E-state index contributed by atoms with van der Waals surface area (Å²) in [4.78, 5) is 44.7. The highest BCUT2D eigenvalue weighted by Gasteiger charge is 2.24. The Hall–Kier alpha value is -8.62. The standard InChI is InChI=1S/C60H46N4O4/c1-31-27-33(3)51(34(4)28-31)57-47-23-19-43(61-47)55(39-15-7-11-37-13-9-17-41(53(37)39)59(65)66)45-21-25-49(63-45)58(52-35(5)29-32(2)30-36(52)6)50-26-22-46(64-50)56(44-20-24-48(57)62-44)40-16-8-12-38-14-10-18-42(54(38)40)60(67)68/h7-30,61,64H,1-6H3,(H,65,66)(H,67,68). The molecule has 0 unspecified atom stereocenters. The second-order valence-corrected chi connectivity index (χ2v) is 18.1. The molecule has 0 radical (unpaired) electrons. The summed E-state index contributed by atoms with van der Waals surface area (Å²) >= 11 is 0. The van der Waals surface area contributed by atoms with Crippen molar-refractivity contribution < 1.29 is 19.8 Å². The van der Waals surface area contributed by atoms with Crippen molar-refractivity contribution in [3.05, 3.63) is 189 Å². The molecule has 0 amide bonds. The third-order valence-corrected chi connectivity index (χ3v) is 13.4. The first-order chi connectivity index (χ1) is 32.8. The Morgan fingerprint density at radius 2 is 0.706 bits per heavy atom. The number of aryl methyl sites for hydroxylation is 6. The van der Waals surface area contributed by atoms with Gasteiger partial charge in [0, 0.05) is 55.1 Å². The summed E-state index contributed by atoms with van der Waals surface area (Å²) in [6.45, 7) is 12.7. The average molecular weight is 887 g/mol. The van der Waals surface area contributed by atoms with Gasteiger partial charge in [-0.1, -0.05) is 96.1 Å². The summed E-state index contributed by atoms with van der Waals surface area (Å²) in [5.74, 6) is -2.02. The van der Waals surface area contributed by atoms with Gasteiger partial charge in [0.25, 0.3) is 0 Å². The Morgan fingerprint density at radius 3 is 1.04 bits per heavy atom. The summed E-state index contributed by atoms with van der Waals surface area (Å²) in [5, 5.41) is 24.1. The van der Waals surface area contributed by atoms with E-state index >= 15 is 0 Å². The SMILES string of the molecule is Cc1cc(C)c(-c2c3nc(c(-c4cccc5cccc(C(=O)O)c45)c4ccc([nH]4)c(-c4c(C)cc(C)cc4C)c4nc(c(-c5cccc6cccc(C(=O)O)c56)c5ccc2[nH]5)C=C4)C=C3)c(C)c1. The minimum atomic E-state index is -1.01. The first kappa shape index (κ1) is 42.0. The number of H-pyrrole nitrogens is 2. The lowest BCUT2D eigenvalue weighted by molar-refractivity contribution is 0.0688. The molecule has 0 saturated heterocycles. The van der Waals surface area contributed by atoms with Gasteiger partial charge in [-0.15, -0.1) is 0 Å². The maximum atomic E-state index is 13.0. The normalized spacial score (nSPS) is 12.1. The monoisotopic (exact) mass is 886 g/mol. The number of fused-ring (bicyclic) bond motifs is 10. The van der Waals surface area contributed by atoms with Crippen LogP contribution >= 0.6 is 0 Å². The van der Waals surface area contributed by atoms with Crippen LogP contribution in [0.25, 0.3) is 112 Å². The van der Waals surface area contributed by atoms with Gasteiger partial charge in [-0.3, -0.25) is 0 Å². The summed E-state index contributed by atoms with van der Waals surface area (Å²) < 4.78 is 0. The van der Waals surface area contributed by atoms with Gasteiger partial charge in [0.2, 0.25) is 0 Å². The van der Waals surface area contributed by atoms with Gasteiger partial charge in [0.05, 0.1) is 33.9 Å². The largest absolute Gasteiger partial charge is 0.478 e. The van der Waals surface area contributed by atoms with E-state index in [4.69, 9.17) is 9.97 Å². The van der Waals surface area contributed by atoms with Gasteiger partial charge in [-0.05, 0) is 158 Å². The van der Waals surface area contributed by atoms with E-state index in [1.165, 1.54) is 0 Å². The fourth-order valence-corrected chi connectivity index (χ4v) is 10.9. The Labute approximate surface area is 392 Å². The zero-order chi connectivity index (χ0) is 47.1. The number of hydrogen-bond acceptors (Lipinski definition) is 4. The molecule has 8 nitrogen and oxygen atoms in total. The van der Waals surface area contributed by atoms with E-state index < -0.39 is 11.9 Å². The fourth-order valence-electron chi connectivity index (χ4n) is 10.9. The molecule has 11 rings (SSSR count). The Morgan fingerprint density at radius 1 is 0.397 bits per heavy atom. The molecule has 2 aliphatic rings. The van der Waals surface area contributed by atoms with Gasteiger partial charge in [-0.2, -0.15) is 0 Å². The van der Waals surface area contributed by atoms with E-state index in [9.17, 15) is 19.8 Å². The van der Waals surface area contributed by atoms with Crippen molar-refractivity contribution in [3.8, 4) is 44.5 Å². The van der Waals surface area contributed by atoms with Crippen LogP contribution < -0.4 is 0 Å². The van der Waals surface area contributed by atoms with Gasteiger partial charge in [0.1, 0.15) is 0 Å². The number of aromatic carboxylic acids is 2. The van der Waals surface area contributed by atoms with Gasteiger partial charge >= 0.3 is 11.9 Å². The van der Waals surface area contributed by atoms with E-state index in [0.29, 0.717) is 22.2 Å². The molecular formula is C60H46N4O4. The highest BCUT2D eigenvalue weighted by molar-refractivity contribution is 6.14. The molecular weight excluding hydrogens is 841 g/mol. The molecule has 8 bridgehead atoms. The smallest absolute Gasteiger partial charge is 0.336 e. The van der Waals surface area contributed by atoms with Gasteiger partial charge in [-0.25, -0.2) is 19.6 Å². The molecule has 8 heteroatoms. The topological polar surface area (TPSA) is 132 Å². The van der Waals surface area contributed by atoms with Crippen LogP contribution in [0.1, 0.15) is 76.9 Å².